The molecule has 5 N–H and O–H groups in total. The zero-order chi connectivity index (χ0) is 24.4. The summed E-state index contributed by atoms with van der Waals surface area (Å²) >= 11 is 0. The van der Waals surface area contributed by atoms with Gasteiger partial charge in [0.05, 0.1) is 49.9 Å². The maximum Gasteiger partial charge on any atom is 0.339 e. The summed E-state index contributed by atoms with van der Waals surface area (Å²) < 4.78 is 16.1. The minimum atomic E-state index is -1.33. The van der Waals surface area contributed by atoms with E-state index in [2.05, 4.69) is 20.5 Å². The number of benzene rings is 2. The second-order valence-corrected chi connectivity index (χ2v) is 8.26. The Morgan fingerprint density at radius 1 is 1.17 bits per heavy atom. The molecule has 0 radical (unpaired) electrons. The second kappa shape index (κ2) is 9.32. The van der Waals surface area contributed by atoms with Crippen LogP contribution < -0.4 is 26.0 Å². The maximum absolute atomic E-state index is 12.3. The Morgan fingerprint density at radius 2 is 1.97 bits per heavy atom. The van der Waals surface area contributed by atoms with Gasteiger partial charge in [-0.15, -0.1) is 0 Å². The van der Waals surface area contributed by atoms with Gasteiger partial charge >= 0.3 is 5.97 Å². The third kappa shape index (κ3) is 4.29. The summed E-state index contributed by atoms with van der Waals surface area (Å²) in [4.78, 5) is 22.6. The highest BCUT2D eigenvalue weighted by molar-refractivity contribution is 6.13. The number of esters is 1. The number of nitrogens with zero attached hydrogens (tertiary/aromatic N) is 2. The molecule has 2 aliphatic heterocycles. The number of rotatable bonds is 5. The number of amidine groups is 1. The van der Waals surface area contributed by atoms with E-state index in [0.29, 0.717) is 41.6 Å². The maximum atomic E-state index is 12.3. The minimum Gasteiger partial charge on any atom is -0.496 e. The van der Waals surface area contributed by atoms with E-state index < -0.39 is 11.8 Å². The summed E-state index contributed by atoms with van der Waals surface area (Å²) in [6, 6.07) is 14.9. The number of H-pyrrole nitrogens is 1. The molecule has 0 amide bonds. The highest BCUT2D eigenvalue weighted by Gasteiger charge is 2.36. The predicted octanol–water partition coefficient (Wildman–Crippen LogP) is 2.70. The van der Waals surface area contributed by atoms with Crippen molar-refractivity contribution < 1.29 is 19.0 Å². The zero-order valence-corrected chi connectivity index (χ0v) is 19.6. The molecule has 1 aromatic heterocycles. The molecular formula is C25H28N6O4. The van der Waals surface area contributed by atoms with Gasteiger partial charge in [-0.1, -0.05) is 12.1 Å². The first kappa shape index (κ1) is 22.8. The van der Waals surface area contributed by atoms with Crippen LogP contribution in [0.5, 0.6) is 5.75 Å². The van der Waals surface area contributed by atoms with Crippen molar-refractivity contribution in [2.24, 2.45) is 10.7 Å². The van der Waals surface area contributed by atoms with Crippen LogP contribution in [0.3, 0.4) is 0 Å². The van der Waals surface area contributed by atoms with E-state index in [1.807, 2.05) is 30.3 Å². The predicted molar refractivity (Wildman–Crippen MR) is 134 cm³/mol. The number of aromatic amines is 1. The van der Waals surface area contributed by atoms with Crippen LogP contribution in [0.15, 0.2) is 59.7 Å². The number of methoxy groups -OCH3 is 2. The molecule has 0 bridgehead atoms. The Balaban J connectivity index is 1.54. The van der Waals surface area contributed by atoms with Crippen molar-refractivity contribution in [3.05, 3.63) is 71.5 Å². The normalized spacial score (nSPS) is 19.3. The van der Waals surface area contributed by atoms with Gasteiger partial charge in [0, 0.05) is 31.0 Å². The van der Waals surface area contributed by atoms with Crippen LogP contribution in [0.2, 0.25) is 0 Å². The van der Waals surface area contributed by atoms with Crippen LogP contribution >= 0.6 is 0 Å². The van der Waals surface area contributed by atoms with Gasteiger partial charge in [0.15, 0.2) is 5.84 Å². The van der Waals surface area contributed by atoms with E-state index in [1.165, 1.54) is 7.11 Å². The Kier molecular flexibility index (Phi) is 6.06. The minimum absolute atomic E-state index is 0.388. The van der Waals surface area contributed by atoms with Crippen molar-refractivity contribution in [1.29, 1.82) is 0 Å². The molecule has 3 heterocycles. The van der Waals surface area contributed by atoms with Crippen LogP contribution in [-0.4, -0.2) is 57.3 Å². The van der Waals surface area contributed by atoms with Gasteiger partial charge < -0.3 is 34.7 Å². The molecule has 1 fully saturated rings. The lowest BCUT2D eigenvalue weighted by molar-refractivity contribution is 0.0602. The van der Waals surface area contributed by atoms with Crippen molar-refractivity contribution in [3.8, 4) is 5.75 Å². The summed E-state index contributed by atoms with van der Waals surface area (Å²) in [5.74, 6) is -0.691. The lowest BCUT2D eigenvalue weighted by Crippen LogP contribution is -2.47. The fraction of sp³-hybridized carbons (Fsp3) is 0.280. The number of aromatic nitrogens is 1. The first-order valence-electron chi connectivity index (χ1n) is 11.3. The molecule has 0 spiro atoms. The number of fused-ring (bicyclic) bond motifs is 1. The van der Waals surface area contributed by atoms with E-state index in [0.717, 1.165) is 30.2 Å². The monoisotopic (exact) mass is 476 g/mol. The summed E-state index contributed by atoms with van der Waals surface area (Å²) in [5, 5.41) is 6.59. The van der Waals surface area contributed by atoms with Crippen molar-refractivity contribution in [2.45, 2.75) is 5.79 Å². The number of carbonyl (C=O) groups excluding carboxylic acids is 1. The SMILES string of the molecule is COC(=O)c1ccccc1NC1=NC(N)(c2ccc(N3CCOCC3)cc2OC)Nc2cc[nH]c21. The molecule has 1 saturated heterocycles. The molecule has 5 rings (SSSR count). The number of hydrogen-bond donors (Lipinski definition) is 4. The largest absolute Gasteiger partial charge is 0.496 e. The molecule has 3 aromatic rings. The zero-order valence-electron chi connectivity index (χ0n) is 19.6. The molecule has 1 unspecified atom stereocenters. The van der Waals surface area contributed by atoms with Crippen LogP contribution in [0.25, 0.3) is 0 Å². The fourth-order valence-corrected chi connectivity index (χ4v) is 4.37. The highest BCUT2D eigenvalue weighted by atomic mass is 16.5. The smallest absolute Gasteiger partial charge is 0.339 e. The number of morpholine rings is 1. The molecule has 182 valence electrons. The topological polar surface area (TPSA) is 126 Å². The standard InChI is InChI=1S/C25H28N6O4/c1-33-21-15-16(31-11-13-35-14-12-31)7-8-18(21)25(26)29-20-9-10-27-22(20)23(30-25)28-19-6-4-3-5-17(19)24(32)34-2/h3-10,15,27,29H,11-14,26H2,1-2H3,(H,28,30). The number of nitrogens with two attached hydrogens (primary N) is 1. The first-order valence-corrected chi connectivity index (χ1v) is 11.3. The molecule has 1 atom stereocenters. The number of carbonyl (C=O) groups is 1. The third-order valence-electron chi connectivity index (χ3n) is 6.15. The van der Waals surface area contributed by atoms with Gasteiger partial charge in [-0.25, -0.2) is 9.79 Å². The molecule has 0 saturated carbocycles. The van der Waals surface area contributed by atoms with E-state index >= 15 is 0 Å². The Hall–Kier alpha value is -4.02. The highest BCUT2D eigenvalue weighted by Crippen LogP contribution is 2.37. The van der Waals surface area contributed by atoms with Gasteiger partial charge in [-0.2, -0.15) is 0 Å². The summed E-state index contributed by atoms with van der Waals surface area (Å²) in [5.41, 5.74) is 11.0. The molecular weight excluding hydrogens is 448 g/mol. The number of hydrogen-bond acceptors (Lipinski definition) is 9. The fourth-order valence-electron chi connectivity index (χ4n) is 4.37. The number of nitrogens with one attached hydrogen (secondary N) is 3. The van der Waals surface area contributed by atoms with Crippen molar-refractivity contribution in [2.75, 3.05) is 56.1 Å². The average molecular weight is 477 g/mol. The van der Waals surface area contributed by atoms with Crippen LogP contribution in [0.1, 0.15) is 21.6 Å². The van der Waals surface area contributed by atoms with Gasteiger partial charge in [-0.05, 0) is 30.3 Å². The molecule has 35 heavy (non-hydrogen) atoms. The van der Waals surface area contributed by atoms with Gasteiger partial charge in [0.1, 0.15) is 11.4 Å². The Bertz CT molecular complexity index is 1270. The summed E-state index contributed by atoms with van der Waals surface area (Å²) in [6.45, 7) is 3.00. The average Bonchev–Trinajstić information content (AvgIpc) is 3.37. The number of para-hydroxylation sites is 1. The van der Waals surface area contributed by atoms with E-state index in [9.17, 15) is 4.79 Å². The van der Waals surface area contributed by atoms with E-state index in [1.54, 1.807) is 31.5 Å². The van der Waals surface area contributed by atoms with Gasteiger partial charge in [0.25, 0.3) is 0 Å². The first-order chi connectivity index (χ1) is 17.0. The summed E-state index contributed by atoms with van der Waals surface area (Å²) in [7, 11) is 2.97. The van der Waals surface area contributed by atoms with E-state index in [4.69, 9.17) is 24.9 Å². The van der Waals surface area contributed by atoms with Gasteiger partial charge in [0.2, 0.25) is 5.79 Å². The lowest BCUT2D eigenvalue weighted by atomic mass is 10.0. The molecule has 10 nitrogen and oxygen atoms in total. The van der Waals surface area contributed by atoms with Crippen molar-refractivity contribution in [1.82, 2.24) is 4.98 Å². The third-order valence-corrected chi connectivity index (χ3v) is 6.15. The van der Waals surface area contributed by atoms with Crippen molar-refractivity contribution >= 4 is 28.9 Å². The number of anilines is 3. The molecule has 2 aromatic carbocycles. The van der Waals surface area contributed by atoms with Crippen LogP contribution in [-0.2, 0) is 15.3 Å². The molecule has 10 heteroatoms. The van der Waals surface area contributed by atoms with Crippen molar-refractivity contribution in [3.63, 3.8) is 0 Å². The lowest BCUT2D eigenvalue weighted by Gasteiger charge is -2.35. The molecule has 0 aliphatic carbocycles. The number of ether oxygens (including phenoxy) is 3. The van der Waals surface area contributed by atoms with Crippen LogP contribution in [0.4, 0.5) is 17.1 Å². The Labute approximate surface area is 203 Å². The molecule has 2 aliphatic rings. The quantitative estimate of drug-likeness (QED) is 0.414. The Morgan fingerprint density at radius 3 is 2.74 bits per heavy atom. The van der Waals surface area contributed by atoms with Crippen LogP contribution in [0, 0.1) is 0 Å². The number of aliphatic imine (C=N–C) groups is 1. The second-order valence-electron chi connectivity index (χ2n) is 8.26. The summed E-state index contributed by atoms with van der Waals surface area (Å²) in [6.07, 6.45) is 1.80. The van der Waals surface area contributed by atoms with Gasteiger partial charge in [-0.3, -0.25) is 5.73 Å². The van der Waals surface area contributed by atoms with E-state index in [-0.39, 0.29) is 0 Å².